The van der Waals surface area contributed by atoms with E-state index in [0.29, 0.717) is 11.5 Å². The number of rotatable bonds is 2. The van der Waals surface area contributed by atoms with E-state index in [9.17, 15) is 0 Å². The second-order valence-corrected chi connectivity index (χ2v) is 2.67. The predicted molar refractivity (Wildman–Crippen MR) is 43.5 cm³/mol. The van der Waals surface area contributed by atoms with Crippen molar-refractivity contribution in [3.63, 3.8) is 0 Å². The SMILES string of the molecule is CC(/C=C\C(C)C)=C(/N)O. The molecule has 0 heterocycles. The van der Waals surface area contributed by atoms with E-state index < -0.39 is 0 Å². The predicted octanol–water partition coefficient (Wildman–Crippen LogP) is 1.95. The van der Waals surface area contributed by atoms with Crippen LogP contribution in [0.5, 0.6) is 0 Å². The summed E-state index contributed by atoms with van der Waals surface area (Å²) in [5.41, 5.74) is 5.82. The first-order valence-corrected chi connectivity index (χ1v) is 3.37. The van der Waals surface area contributed by atoms with Crippen molar-refractivity contribution in [3.05, 3.63) is 23.6 Å². The molecule has 0 aliphatic heterocycles. The summed E-state index contributed by atoms with van der Waals surface area (Å²) in [6.45, 7) is 5.91. The van der Waals surface area contributed by atoms with Gasteiger partial charge in [0.25, 0.3) is 0 Å². The van der Waals surface area contributed by atoms with Crippen LogP contribution in [0.3, 0.4) is 0 Å². The fourth-order valence-electron chi connectivity index (χ4n) is 0.422. The van der Waals surface area contributed by atoms with Gasteiger partial charge in [0.15, 0.2) is 5.88 Å². The van der Waals surface area contributed by atoms with E-state index in [1.54, 1.807) is 6.92 Å². The third-order valence-corrected chi connectivity index (χ3v) is 1.14. The minimum absolute atomic E-state index is 0.100. The Bertz CT molecular complexity index is 153. The second kappa shape index (κ2) is 3.99. The second-order valence-electron chi connectivity index (χ2n) is 2.67. The summed E-state index contributed by atoms with van der Waals surface area (Å²) in [7, 11) is 0. The fraction of sp³-hybridized carbons (Fsp3) is 0.500. The minimum atomic E-state index is -0.100. The van der Waals surface area contributed by atoms with E-state index in [0.717, 1.165) is 0 Å². The molecule has 0 aromatic heterocycles. The Kier molecular flexibility index (Phi) is 3.62. The highest BCUT2D eigenvalue weighted by molar-refractivity contribution is 5.17. The maximum Gasteiger partial charge on any atom is 0.184 e. The van der Waals surface area contributed by atoms with Gasteiger partial charge in [0.05, 0.1) is 0 Å². The highest BCUT2D eigenvalue weighted by atomic mass is 16.3. The lowest BCUT2D eigenvalue weighted by molar-refractivity contribution is 0.400. The molecule has 0 aliphatic carbocycles. The van der Waals surface area contributed by atoms with Gasteiger partial charge in [0.2, 0.25) is 0 Å². The van der Waals surface area contributed by atoms with Crippen molar-refractivity contribution in [2.45, 2.75) is 20.8 Å². The van der Waals surface area contributed by atoms with Crippen LogP contribution in [0, 0.1) is 5.92 Å². The third kappa shape index (κ3) is 4.01. The number of nitrogens with two attached hydrogens (primary N) is 1. The van der Waals surface area contributed by atoms with Crippen molar-refractivity contribution in [2.75, 3.05) is 0 Å². The van der Waals surface area contributed by atoms with Gasteiger partial charge >= 0.3 is 0 Å². The molecule has 58 valence electrons. The first kappa shape index (κ1) is 9.08. The first-order chi connectivity index (χ1) is 4.54. The summed E-state index contributed by atoms with van der Waals surface area (Å²) in [6, 6.07) is 0. The molecule has 0 aromatic rings. The summed E-state index contributed by atoms with van der Waals surface area (Å²) in [5, 5.41) is 8.74. The van der Waals surface area contributed by atoms with Crippen LogP contribution in [0.25, 0.3) is 0 Å². The van der Waals surface area contributed by atoms with E-state index in [-0.39, 0.29) is 5.88 Å². The molecule has 0 radical (unpaired) electrons. The van der Waals surface area contributed by atoms with Crippen molar-refractivity contribution >= 4 is 0 Å². The Balaban J connectivity index is 4.03. The maximum atomic E-state index is 8.74. The summed E-state index contributed by atoms with van der Waals surface area (Å²) < 4.78 is 0. The normalized spacial score (nSPS) is 14.4. The molecule has 0 rings (SSSR count). The molecule has 2 heteroatoms. The molecular formula is C8H15NO. The molecule has 0 amide bonds. The molecule has 0 unspecified atom stereocenters. The smallest absolute Gasteiger partial charge is 0.184 e. The van der Waals surface area contributed by atoms with Crippen molar-refractivity contribution in [2.24, 2.45) is 11.7 Å². The lowest BCUT2D eigenvalue weighted by Crippen LogP contribution is -1.97. The summed E-state index contributed by atoms with van der Waals surface area (Å²) in [6.07, 6.45) is 3.80. The highest BCUT2D eigenvalue weighted by Crippen LogP contribution is 2.01. The Hall–Kier alpha value is -0.920. The van der Waals surface area contributed by atoms with Gasteiger partial charge < -0.3 is 10.8 Å². The van der Waals surface area contributed by atoms with E-state index in [4.69, 9.17) is 10.8 Å². The number of hydrogen-bond donors (Lipinski definition) is 2. The monoisotopic (exact) mass is 141 g/mol. The first-order valence-electron chi connectivity index (χ1n) is 3.37. The lowest BCUT2D eigenvalue weighted by atomic mass is 10.1. The zero-order valence-electron chi connectivity index (χ0n) is 6.76. The zero-order chi connectivity index (χ0) is 8.15. The van der Waals surface area contributed by atoms with Crippen molar-refractivity contribution in [1.82, 2.24) is 0 Å². The summed E-state index contributed by atoms with van der Waals surface area (Å²) in [4.78, 5) is 0. The molecule has 0 spiro atoms. The molecule has 0 saturated carbocycles. The lowest BCUT2D eigenvalue weighted by Gasteiger charge is -1.95. The zero-order valence-corrected chi connectivity index (χ0v) is 6.76. The molecular weight excluding hydrogens is 126 g/mol. The van der Waals surface area contributed by atoms with Gasteiger partial charge in [-0.05, 0) is 12.8 Å². The van der Waals surface area contributed by atoms with Gasteiger partial charge in [-0.2, -0.15) is 0 Å². The molecule has 0 fully saturated rings. The molecule has 3 N–H and O–H groups in total. The van der Waals surface area contributed by atoms with Crippen LogP contribution in [-0.4, -0.2) is 5.11 Å². The molecule has 10 heavy (non-hydrogen) atoms. The van der Waals surface area contributed by atoms with Crippen LogP contribution in [0.15, 0.2) is 23.6 Å². The summed E-state index contributed by atoms with van der Waals surface area (Å²) in [5.74, 6) is 0.395. The Morgan fingerprint density at radius 3 is 2.30 bits per heavy atom. The van der Waals surface area contributed by atoms with Gasteiger partial charge in [-0.1, -0.05) is 26.0 Å². The topological polar surface area (TPSA) is 46.2 Å². The van der Waals surface area contributed by atoms with Crippen molar-refractivity contribution in [3.8, 4) is 0 Å². The van der Waals surface area contributed by atoms with Gasteiger partial charge in [-0.25, -0.2) is 0 Å². The van der Waals surface area contributed by atoms with Crippen LogP contribution >= 0.6 is 0 Å². The molecule has 0 bridgehead atoms. The Morgan fingerprint density at radius 1 is 1.50 bits per heavy atom. The van der Waals surface area contributed by atoms with E-state index >= 15 is 0 Å². The number of hydrogen-bond acceptors (Lipinski definition) is 2. The Morgan fingerprint density at radius 2 is 2.00 bits per heavy atom. The standard InChI is InChI=1S/C8H15NO/c1-6(2)4-5-7(3)8(9)10/h4-6,10H,9H2,1-3H3/b5-4-,8-7+. The fourth-order valence-corrected chi connectivity index (χ4v) is 0.422. The van der Waals surface area contributed by atoms with Gasteiger partial charge in [-0.3, -0.25) is 0 Å². The van der Waals surface area contributed by atoms with Crippen LogP contribution in [0.4, 0.5) is 0 Å². The van der Waals surface area contributed by atoms with Crippen LogP contribution < -0.4 is 5.73 Å². The molecule has 0 aromatic carbocycles. The van der Waals surface area contributed by atoms with Crippen LogP contribution in [0.1, 0.15) is 20.8 Å². The molecule has 0 atom stereocenters. The van der Waals surface area contributed by atoms with Gasteiger partial charge in [-0.15, -0.1) is 0 Å². The number of allylic oxidation sites excluding steroid dienone is 3. The van der Waals surface area contributed by atoms with E-state index in [2.05, 4.69) is 13.8 Å². The highest BCUT2D eigenvalue weighted by Gasteiger charge is 1.89. The molecule has 0 saturated heterocycles. The number of aliphatic hydroxyl groups excluding tert-OH is 1. The average Bonchev–Trinajstić information content (AvgIpc) is 1.82. The van der Waals surface area contributed by atoms with E-state index in [1.807, 2.05) is 12.2 Å². The van der Waals surface area contributed by atoms with Crippen LogP contribution in [-0.2, 0) is 0 Å². The quantitative estimate of drug-likeness (QED) is 0.456. The average molecular weight is 141 g/mol. The van der Waals surface area contributed by atoms with E-state index in [1.165, 1.54) is 0 Å². The van der Waals surface area contributed by atoms with Crippen LogP contribution in [0.2, 0.25) is 0 Å². The Labute approximate surface area is 62.0 Å². The molecule has 0 aliphatic rings. The van der Waals surface area contributed by atoms with Crippen molar-refractivity contribution < 1.29 is 5.11 Å². The third-order valence-electron chi connectivity index (χ3n) is 1.14. The van der Waals surface area contributed by atoms with Gasteiger partial charge in [0, 0.05) is 5.57 Å². The largest absolute Gasteiger partial charge is 0.495 e. The summed E-state index contributed by atoms with van der Waals surface area (Å²) >= 11 is 0. The van der Waals surface area contributed by atoms with Gasteiger partial charge in [0.1, 0.15) is 0 Å². The van der Waals surface area contributed by atoms with Crippen molar-refractivity contribution in [1.29, 1.82) is 0 Å². The maximum absolute atomic E-state index is 8.74. The minimum Gasteiger partial charge on any atom is -0.495 e. The number of aliphatic hydroxyl groups is 1. The molecule has 2 nitrogen and oxygen atoms in total.